The van der Waals surface area contributed by atoms with Crippen LogP contribution in [0.5, 0.6) is 0 Å². The van der Waals surface area contributed by atoms with E-state index in [4.69, 9.17) is 0 Å². The van der Waals surface area contributed by atoms with Crippen molar-refractivity contribution in [3.8, 4) is 0 Å². The summed E-state index contributed by atoms with van der Waals surface area (Å²) in [6.07, 6.45) is 0.261. The van der Waals surface area contributed by atoms with Gasteiger partial charge >= 0.3 is 11.9 Å². The average Bonchev–Trinajstić information content (AvgIpc) is 2.16. The first-order valence-electron chi connectivity index (χ1n) is 4.66. The fourth-order valence-corrected chi connectivity index (χ4v) is 0.866. The maximum Gasteiger partial charge on any atom is 0.346 e. The molecular weight excluding hydrogens is 202 g/mol. The Bertz CT molecular complexity index is 251. The van der Waals surface area contributed by atoms with Crippen molar-refractivity contribution in [1.29, 1.82) is 0 Å². The van der Waals surface area contributed by atoms with Crippen molar-refractivity contribution in [3.05, 3.63) is 0 Å². The molecule has 1 N–H and O–H groups in total. The summed E-state index contributed by atoms with van der Waals surface area (Å²) in [5.41, 5.74) is 1.86. The largest absolute Gasteiger partial charge is 0.465 e. The molecule has 1 amide bonds. The lowest BCUT2D eigenvalue weighted by Crippen LogP contribution is -2.33. The SMILES string of the molecule is CCOC(=O)C(CC)C(=O)ONC(C)=O. The highest BCUT2D eigenvalue weighted by atomic mass is 16.7. The molecule has 86 valence electrons. The predicted molar refractivity (Wildman–Crippen MR) is 50.3 cm³/mol. The van der Waals surface area contributed by atoms with Crippen LogP contribution >= 0.6 is 0 Å². The molecule has 0 aromatic heterocycles. The summed E-state index contributed by atoms with van der Waals surface area (Å²) in [4.78, 5) is 37.3. The van der Waals surface area contributed by atoms with Gasteiger partial charge in [-0.15, -0.1) is 0 Å². The molecule has 0 heterocycles. The second-order valence-electron chi connectivity index (χ2n) is 2.79. The summed E-state index contributed by atoms with van der Waals surface area (Å²) in [5.74, 6) is -2.96. The number of esters is 1. The second kappa shape index (κ2) is 6.80. The molecular formula is C9H15NO5. The molecule has 0 saturated carbocycles. The Balaban J connectivity index is 4.21. The molecule has 0 aliphatic rings. The molecule has 1 atom stereocenters. The molecule has 0 radical (unpaired) electrons. The minimum absolute atomic E-state index is 0.197. The summed E-state index contributed by atoms with van der Waals surface area (Å²) in [6.45, 7) is 4.68. The Hall–Kier alpha value is -1.59. The van der Waals surface area contributed by atoms with Gasteiger partial charge in [0.1, 0.15) is 0 Å². The standard InChI is InChI=1S/C9H15NO5/c1-4-7(8(12)14-5-2)9(13)15-10-6(3)11/h7H,4-5H2,1-3H3,(H,10,11). The van der Waals surface area contributed by atoms with E-state index < -0.39 is 23.8 Å². The highest BCUT2D eigenvalue weighted by Gasteiger charge is 2.28. The predicted octanol–water partition coefficient (Wildman–Crippen LogP) is 0.170. The highest BCUT2D eigenvalue weighted by molar-refractivity contribution is 5.95. The topological polar surface area (TPSA) is 81.7 Å². The number of ether oxygens (including phenoxy) is 1. The molecule has 15 heavy (non-hydrogen) atoms. The van der Waals surface area contributed by atoms with Crippen LogP contribution in [0.25, 0.3) is 0 Å². The van der Waals surface area contributed by atoms with Crippen molar-refractivity contribution in [2.45, 2.75) is 27.2 Å². The lowest BCUT2D eigenvalue weighted by atomic mass is 10.1. The summed E-state index contributed by atoms with van der Waals surface area (Å²) in [5, 5.41) is 0. The smallest absolute Gasteiger partial charge is 0.346 e. The van der Waals surface area contributed by atoms with E-state index in [0.717, 1.165) is 0 Å². The van der Waals surface area contributed by atoms with Gasteiger partial charge in [-0.05, 0) is 13.3 Å². The molecule has 0 aliphatic heterocycles. The molecule has 6 nitrogen and oxygen atoms in total. The number of carbonyl (C=O) groups excluding carboxylic acids is 3. The summed E-state index contributed by atoms with van der Waals surface area (Å²) < 4.78 is 4.67. The zero-order chi connectivity index (χ0) is 11.8. The van der Waals surface area contributed by atoms with Crippen molar-refractivity contribution in [2.75, 3.05) is 6.61 Å². The molecule has 0 aromatic carbocycles. The molecule has 0 fully saturated rings. The van der Waals surface area contributed by atoms with E-state index in [9.17, 15) is 14.4 Å². The van der Waals surface area contributed by atoms with E-state index in [-0.39, 0.29) is 13.0 Å². The Labute approximate surface area is 87.9 Å². The van der Waals surface area contributed by atoms with Crippen molar-refractivity contribution in [1.82, 2.24) is 5.48 Å². The van der Waals surface area contributed by atoms with Crippen LogP contribution < -0.4 is 5.48 Å². The fraction of sp³-hybridized carbons (Fsp3) is 0.667. The van der Waals surface area contributed by atoms with E-state index in [2.05, 4.69) is 9.57 Å². The number of hydrogen-bond acceptors (Lipinski definition) is 5. The third-order valence-corrected chi connectivity index (χ3v) is 1.56. The zero-order valence-corrected chi connectivity index (χ0v) is 9.03. The molecule has 6 heteroatoms. The number of nitrogens with one attached hydrogen (secondary N) is 1. The van der Waals surface area contributed by atoms with E-state index in [1.165, 1.54) is 6.92 Å². The van der Waals surface area contributed by atoms with Gasteiger partial charge in [0.15, 0.2) is 5.92 Å². The Kier molecular flexibility index (Phi) is 6.08. The van der Waals surface area contributed by atoms with E-state index in [1.54, 1.807) is 13.8 Å². The van der Waals surface area contributed by atoms with Gasteiger partial charge in [-0.1, -0.05) is 6.92 Å². The monoisotopic (exact) mass is 217 g/mol. The quantitative estimate of drug-likeness (QED) is 0.412. The van der Waals surface area contributed by atoms with Crippen molar-refractivity contribution < 1.29 is 24.0 Å². The van der Waals surface area contributed by atoms with Gasteiger partial charge in [0, 0.05) is 6.92 Å². The molecule has 0 aliphatic carbocycles. The first kappa shape index (κ1) is 13.4. The first-order chi connectivity index (χ1) is 7.02. The Morgan fingerprint density at radius 3 is 2.20 bits per heavy atom. The van der Waals surface area contributed by atoms with Crippen LogP contribution in [-0.4, -0.2) is 24.5 Å². The number of hydrogen-bond donors (Lipinski definition) is 1. The summed E-state index contributed by atoms with van der Waals surface area (Å²) in [6, 6.07) is 0. The average molecular weight is 217 g/mol. The van der Waals surface area contributed by atoms with Gasteiger partial charge in [-0.3, -0.25) is 9.59 Å². The molecule has 0 aromatic rings. The fourth-order valence-electron chi connectivity index (χ4n) is 0.866. The van der Waals surface area contributed by atoms with Crippen LogP contribution in [-0.2, 0) is 24.0 Å². The van der Waals surface area contributed by atoms with Crippen LogP contribution in [0.4, 0.5) is 0 Å². The van der Waals surface area contributed by atoms with Gasteiger partial charge in [0.2, 0.25) is 5.91 Å². The van der Waals surface area contributed by atoms with Crippen molar-refractivity contribution in [2.24, 2.45) is 5.92 Å². The lowest BCUT2D eigenvalue weighted by Gasteiger charge is -2.11. The van der Waals surface area contributed by atoms with Gasteiger partial charge < -0.3 is 9.57 Å². The van der Waals surface area contributed by atoms with Gasteiger partial charge in [-0.2, -0.15) is 5.48 Å². The second-order valence-corrected chi connectivity index (χ2v) is 2.79. The molecule has 0 spiro atoms. The normalized spacial score (nSPS) is 11.4. The van der Waals surface area contributed by atoms with E-state index in [0.29, 0.717) is 0 Å². The van der Waals surface area contributed by atoms with Crippen LogP contribution in [0.2, 0.25) is 0 Å². The number of amides is 1. The van der Waals surface area contributed by atoms with Crippen LogP contribution in [0, 0.1) is 5.92 Å². The maximum atomic E-state index is 11.3. The molecule has 0 rings (SSSR count). The van der Waals surface area contributed by atoms with Crippen LogP contribution in [0.15, 0.2) is 0 Å². The third-order valence-electron chi connectivity index (χ3n) is 1.56. The van der Waals surface area contributed by atoms with Crippen LogP contribution in [0.3, 0.4) is 0 Å². The number of rotatable bonds is 4. The zero-order valence-electron chi connectivity index (χ0n) is 9.03. The number of hydroxylamine groups is 1. The highest BCUT2D eigenvalue weighted by Crippen LogP contribution is 2.07. The van der Waals surface area contributed by atoms with Crippen molar-refractivity contribution >= 4 is 17.8 Å². The summed E-state index contributed by atoms with van der Waals surface area (Å²) in [7, 11) is 0. The third kappa shape index (κ3) is 4.99. The van der Waals surface area contributed by atoms with Crippen molar-refractivity contribution in [3.63, 3.8) is 0 Å². The summed E-state index contributed by atoms with van der Waals surface area (Å²) >= 11 is 0. The van der Waals surface area contributed by atoms with E-state index >= 15 is 0 Å². The molecule has 0 bridgehead atoms. The van der Waals surface area contributed by atoms with E-state index in [1.807, 2.05) is 5.48 Å². The van der Waals surface area contributed by atoms with Gasteiger partial charge in [0.25, 0.3) is 0 Å². The molecule has 0 saturated heterocycles. The van der Waals surface area contributed by atoms with Crippen LogP contribution in [0.1, 0.15) is 27.2 Å². The first-order valence-corrected chi connectivity index (χ1v) is 4.66. The molecule has 1 unspecified atom stereocenters. The Morgan fingerprint density at radius 1 is 1.20 bits per heavy atom. The Morgan fingerprint density at radius 2 is 1.80 bits per heavy atom. The van der Waals surface area contributed by atoms with Gasteiger partial charge in [-0.25, -0.2) is 4.79 Å². The van der Waals surface area contributed by atoms with Gasteiger partial charge in [0.05, 0.1) is 6.61 Å². The maximum absolute atomic E-state index is 11.3. The minimum atomic E-state index is -0.989. The number of carbonyl (C=O) groups is 3. The minimum Gasteiger partial charge on any atom is -0.465 e. The lowest BCUT2D eigenvalue weighted by molar-refractivity contribution is -0.169.